The van der Waals surface area contributed by atoms with Gasteiger partial charge in [0.15, 0.2) is 0 Å². The number of carbonyl (C=O) groups is 1. The normalized spacial score (nSPS) is 10.9. The predicted molar refractivity (Wildman–Crippen MR) is 81.2 cm³/mol. The van der Waals surface area contributed by atoms with Gasteiger partial charge in [-0.25, -0.2) is 9.37 Å². The molecule has 1 heterocycles. The Morgan fingerprint density at radius 2 is 1.95 bits per heavy atom. The first-order valence-electron chi connectivity index (χ1n) is 6.55. The minimum absolute atomic E-state index is 0.0389. The van der Waals surface area contributed by atoms with Crippen molar-refractivity contribution in [2.24, 2.45) is 0 Å². The summed E-state index contributed by atoms with van der Waals surface area (Å²) in [6, 6.07) is 10.7. The van der Waals surface area contributed by atoms with Crippen molar-refractivity contribution in [1.82, 2.24) is 4.98 Å². The van der Waals surface area contributed by atoms with Gasteiger partial charge < -0.3 is 9.90 Å². The van der Waals surface area contributed by atoms with Gasteiger partial charge in [0.1, 0.15) is 5.82 Å². The highest BCUT2D eigenvalue weighted by atomic mass is 35.5. The van der Waals surface area contributed by atoms with Gasteiger partial charge in [0, 0.05) is 10.9 Å². The fourth-order valence-corrected chi connectivity index (χ4v) is 2.69. The third kappa shape index (κ3) is 2.31. The van der Waals surface area contributed by atoms with Crippen LogP contribution in [0.4, 0.5) is 4.39 Å². The van der Waals surface area contributed by atoms with Gasteiger partial charge >= 0.3 is 0 Å². The molecule has 1 aromatic heterocycles. The van der Waals surface area contributed by atoms with Crippen LogP contribution in [0.15, 0.2) is 42.5 Å². The number of rotatable bonds is 2. The molecule has 0 saturated heterocycles. The lowest BCUT2D eigenvalue weighted by molar-refractivity contribution is -0.254. The van der Waals surface area contributed by atoms with Crippen LogP contribution >= 0.6 is 11.6 Å². The molecule has 0 saturated carbocycles. The van der Waals surface area contributed by atoms with Crippen molar-refractivity contribution >= 4 is 28.5 Å². The first-order chi connectivity index (χ1) is 10.5. The first-order valence-corrected chi connectivity index (χ1v) is 6.93. The van der Waals surface area contributed by atoms with Crippen LogP contribution in [0.5, 0.6) is 0 Å². The highest BCUT2D eigenvalue weighted by Gasteiger charge is 2.15. The molecule has 2 aromatic carbocycles. The fourth-order valence-electron chi connectivity index (χ4n) is 2.43. The van der Waals surface area contributed by atoms with Gasteiger partial charge in [-0.2, -0.15) is 0 Å². The summed E-state index contributed by atoms with van der Waals surface area (Å²) in [5.41, 5.74) is 1.48. The largest absolute Gasteiger partial charge is 0.545 e. The summed E-state index contributed by atoms with van der Waals surface area (Å²) in [5.74, 6) is -1.90. The van der Waals surface area contributed by atoms with Crippen LogP contribution in [0.1, 0.15) is 15.9 Å². The lowest BCUT2D eigenvalue weighted by Crippen LogP contribution is -2.23. The second-order valence-electron chi connectivity index (χ2n) is 4.91. The molecular weight excluding hydrogens is 305 g/mol. The highest BCUT2D eigenvalue weighted by molar-refractivity contribution is 6.33. The number of nitrogens with zero attached hydrogens (tertiary/aromatic N) is 1. The summed E-state index contributed by atoms with van der Waals surface area (Å²) < 4.78 is 14.1. The van der Waals surface area contributed by atoms with Crippen LogP contribution in [-0.4, -0.2) is 11.0 Å². The van der Waals surface area contributed by atoms with Gasteiger partial charge in [0.05, 0.1) is 27.8 Å². The highest BCUT2D eigenvalue weighted by Crippen LogP contribution is 2.32. The van der Waals surface area contributed by atoms with Crippen molar-refractivity contribution in [3.63, 3.8) is 0 Å². The fraction of sp³-hybridized carbons (Fsp3) is 0.0588. The Morgan fingerprint density at radius 3 is 2.64 bits per heavy atom. The minimum Gasteiger partial charge on any atom is -0.545 e. The Bertz CT molecular complexity index is 888. The summed E-state index contributed by atoms with van der Waals surface area (Å²) in [7, 11) is 0. The van der Waals surface area contributed by atoms with E-state index in [0.29, 0.717) is 10.9 Å². The van der Waals surface area contributed by atoms with E-state index in [-0.39, 0.29) is 21.8 Å². The summed E-state index contributed by atoms with van der Waals surface area (Å²) in [5, 5.41) is 12.0. The second-order valence-corrected chi connectivity index (χ2v) is 5.32. The molecule has 22 heavy (non-hydrogen) atoms. The molecular formula is C17H10ClFNO2-. The lowest BCUT2D eigenvalue weighted by Gasteiger charge is -2.13. The van der Waals surface area contributed by atoms with Crippen molar-refractivity contribution in [2.75, 3.05) is 0 Å². The van der Waals surface area contributed by atoms with Gasteiger partial charge in [-0.1, -0.05) is 35.9 Å². The number of aromatic nitrogens is 1. The number of fused-ring (bicyclic) bond motifs is 1. The Labute approximate surface area is 131 Å². The number of para-hydroxylation sites is 1. The third-order valence-corrected chi connectivity index (χ3v) is 3.80. The predicted octanol–water partition coefficient (Wildman–Crippen LogP) is 3.37. The van der Waals surface area contributed by atoms with E-state index in [9.17, 15) is 14.3 Å². The average molecular weight is 315 g/mol. The van der Waals surface area contributed by atoms with E-state index < -0.39 is 11.8 Å². The molecule has 0 aliphatic heterocycles. The summed E-state index contributed by atoms with van der Waals surface area (Å²) in [6.07, 6.45) is 0. The van der Waals surface area contributed by atoms with E-state index in [4.69, 9.17) is 11.6 Å². The number of carboxylic acid groups (broad SMARTS) is 1. The van der Waals surface area contributed by atoms with Crippen LogP contribution in [0.25, 0.3) is 22.2 Å². The molecule has 0 radical (unpaired) electrons. The molecule has 3 rings (SSSR count). The second kappa shape index (κ2) is 5.39. The lowest BCUT2D eigenvalue weighted by atomic mass is 10.0. The number of halogens is 2. The smallest absolute Gasteiger partial charge is 0.134 e. The maximum atomic E-state index is 14.1. The van der Waals surface area contributed by atoms with Crippen molar-refractivity contribution in [2.45, 2.75) is 6.92 Å². The van der Waals surface area contributed by atoms with Crippen LogP contribution < -0.4 is 5.11 Å². The number of aryl methyl sites for hydroxylation is 1. The molecule has 3 nitrogen and oxygen atoms in total. The zero-order valence-electron chi connectivity index (χ0n) is 11.6. The summed E-state index contributed by atoms with van der Waals surface area (Å²) in [4.78, 5) is 15.8. The van der Waals surface area contributed by atoms with E-state index in [1.165, 1.54) is 24.3 Å². The Kier molecular flexibility index (Phi) is 3.54. The van der Waals surface area contributed by atoms with Crippen molar-refractivity contribution in [1.29, 1.82) is 0 Å². The molecule has 0 aliphatic carbocycles. The number of carbonyl (C=O) groups excluding carboxylic acids is 1. The molecule has 0 unspecified atom stereocenters. The molecule has 0 atom stereocenters. The maximum Gasteiger partial charge on any atom is 0.134 e. The zero-order chi connectivity index (χ0) is 15.9. The van der Waals surface area contributed by atoms with Crippen LogP contribution in [0, 0.1) is 12.7 Å². The minimum atomic E-state index is -1.34. The van der Waals surface area contributed by atoms with Crippen LogP contribution in [0.2, 0.25) is 5.02 Å². The summed E-state index contributed by atoms with van der Waals surface area (Å²) in [6.45, 7) is 1.81. The molecule has 0 aliphatic rings. The number of benzene rings is 2. The molecule has 0 bridgehead atoms. The zero-order valence-corrected chi connectivity index (χ0v) is 12.3. The van der Waals surface area contributed by atoms with Crippen molar-refractivity contribution in [3.8, 4) is 11.3 Å². The molecule has 0 N–H and O–H groups in total. The van der Waals surface area contributed by atoms with Gasteiger partial charge in [-0.05, 0) is 30.7 Å². The number of hydrogen-bond donors (Lipinski definition) is 0. The topological polar surface area (TPSA) is 53.0 Å². The monoisotopic (exact) mass is 314 g/mol. The number of carboxylic acids is 1. The Hall–Kier alpha value is -2.46. The van der Waals surface area contributed by atoms with E-state index in [1.807, 2.05) is 0 Å². The van der Waals surface area contributed by atoms with Gasteiger partial charge in [0.2, 0.25) is 0 Å². The number of pyridine rings is 1. The molecule has 5 heteroatoms. The molecule has 0 amide bonds. The van der Waals surface area contributed by atoms with Gasteiger partial charge in [-0.15, -0.1) is 0 Å². The van der Waals surface area contributed by atoms with Crippen molar-refractivity contribution in [3.05, 3.63) is 64.4 Å². The van der Waals surface area contributed by atoms with E-state index in [0.717, 1.165) is 5.56 Å². The molecule has 0 fully saturated rings. The van der Waals surface area contributed by atoms with E-state index >= 15 is 0 Å². The van der Waals surface area contributed by atoms with E-state index in [2.05, 4.69) is 4.98 Å². The molecule has 0 spiro atoms. The maximum absolute atomic E-state index is 14.1. The summed E-state index contributed by atoms with van der Waals surface area (Å²) >= 11 is 6.04. The Balaban J connectivity index is 2.42. The van der Waals surface area contributed by atoms with Crippen LogP contribution in [0.3, 0.4) is 0 Å². The molecule has 110 valence electrons. The molecule has 3 aromatic rings. The van der Waals surface area contributed by atoms with E-state index in [1.54, 1.807) is 25.1 Å². The van der Waals surface area contributed by atoms with Gasteiger partial charge in [0.25, 0.3) is 0 Å². The van der Waals surface area contributed by atoms with Crippen LogP contribution in [-0.2, 0) is 0 Å². The number of hydrogen-bond acceptors (Lipinski definition) is 3. The number of aromatic carboxylic acids is 1. The standard InChI is InChI=1S/C17H11ClFNO2/c1-9-4-2-5-10-11(17(21)22)8-14(20-16(9)10)15-12(18)6-3-7-13(15)19/h2-8H,1H3,(H,21,22)/p-1. The first kappa shape index (κ1) is 14.5. The van der Waals surface area contributed by atoms with Crippen molar-refractivity contribution < 1.29 is 14.3 Å². The SMILES string of the molecule is Cc1cccc2c(C(=O)[O-])cc(-c3c(F)cccc3Cl)nc12. The Morgan fingerprint density at radius 1 is 1.23 bits per heavy atom. The third-order valence-electron chi connectivity index (χ3n) is 3.48. The quantitative estimate of drug-likeness (QED) is 0.728. The van der Waals surface area contributed by atoms with Gasteiger partial charge in [-0.3, -0.25) is 0 Å². The average Bonchev–Trinajstić information content (AvgIpc) is 2.47.